The number of hydrogen-bond donors (Lipinski definition) is 1. The van der Waals surface area contributed by atoms with Gasteiger partial charge in [-0.1, -0.05) is 13.8 Å². The minimum atomic E-state index is -0.456. The molecular formula is C20H25N5O2. The van der Waals surface area contributed by atoms with Gasteiger partial charge in [-0.3, -0.25) is 14.3 Å². The van der Waals surface area contributed by atoms with Gasteiger partial charge in [-0.2, -0.15) is 5.10 Å². The Morgan fingerprint density at radius 2 is 2.11 bits per heavy atom. The molecule has 1 fully saturated rings. The number of H-pyrrole nitrogens is 1. The molecule has 0 aromatic carbocycles. The maximum atomic E-state index is 12.1. The van der Waals surface area contributed by atoms with Gasteiger partial charge in [0, 0.05) is 31.5 Å². The molecule has 142 valence electrons. The van der Waals surface area contributed by atoms with Crippen LogP contribution in [0.5, 0.6) is 0 Å². The molecule has 0 radical (unpaired) electrons. The summed E-state index contributed by atoms with van der Waals surface area (Å²) in [5, 5.41) is 4.33. The van der Waals surface area contributed by atoms with Crippen LogP contribution in [-0.4, -0.2) is 43.7 Å². The maximum absolute atomic E-state index is 12.1. The quantitative estimate of drug-likeness (QED) is 0.745. The second kappa shape index (κ2) is 7.15. The Balaban J connectivity index is 1.59. The summed E-state index contributed by atoms with van der Waals surface area (Å²) in [5.41, 5.74) is 1.92. The van der Waals surface area contributed by atoms with E-state index in [4.69, 9.17) is 0 Å². The molecule has 0 saturated carbocycles. The summed E-state index contributed by atoms with van der Waals surface area (Å²) >= 11 is 0. The van der Waals surface area contributed by atoms with Gasteiger partial charge >= 0.3 is 5.69 Å². The summed E-state index contributed by atoms with van der Waals surface area (Å²) in [6, 6.07) is 5.55. The van der Waals surface area contributed by atoms with Crippen molar-refractivity contribution < 1.29 is 0 Å². The first-order chi connectivity index (χ1) is 13.0. The molecule has 4 rings (SSSR count). The lowest BCUT2D eigenvalue weighted by atomic mass is 9.99. The molecular weight excluding hydrogens is 342 g/mol. The van der Waals surface area contributed by atoms with Crippen molar-refractivity contribution in [2.24, 2.45) is 11.8 Å². The van der Waals surface area contributed by atoms with Crippen molar-refractivity contribution in [2.45, 2.75) is 26.7 Å². The molecule has 1 aliphatic heterocycles. The molecule has 1 N–H and O–H groups in total. The van der Waals surface area contributed by atoms with Gasteiger partial charge in [0.15, 0.2) is 0 Å². The van der Waals surface area contributed by atoms with Crippen LogP contribution in [0.1, 0.15) is 25.8 Å². The zero-order valence-electron chi connectivity index (χ0n) is 15.8. The number of hydrogen-bond acceptors (Lipinski definition) is 4. The van der Waals surface area contributed by atoms with E-state index in [9.17, 15) is 9.59 Å². The molecule has 0 spiro atoms. The molecule has 7 heteroatoms. The van der Waals surface area contributed by atoms with Gasteiger partial charge in [0.05, 0.1) is 17.4 Å². The number of fused-ring (bicyclic) bond motifs is 1. The molecule has 4 heterocycles. The SMILES string of the molecule is CC(C)CN1CCC(Cc2ccn3ncc(-n4ccc(=O)[nH]c4=O)c3c2)C1. The Morgan fingerprint density at radius 3 is 2.89 bits per heavy atom. The van der Waals surface area contributed by atoms with Gasteiger partial charge in [0.1, 0.15) is 0 Å². The van der Waals surface area contributed by atoms with Crippen LogP contribution in [0.4, 0.5) is 0 Å². The van der Waals surface area contributed by atoms with Crippen molar-refractivity contribution in [3.63, 3.8) is 0 Å². The lowest BCUT2D eigenvalue weighted by Gasteiger charge is -2.18. The number of aromatic nitrogens is 4. The number of nitrogens with one attached hydrogen (secondary N) is 1. The van der Waals surface area contributed by atoms with Crippen LogP contribution in [0.15, 0.2) is 46.4 Å². The Labute approximate surface area is 157 Å². The van der Waals surface area contributed by atoms with E-state index in [1.165, 1.54) is 35.4 Å². The fourth-order valence-electron chi connectivity index (χ4n) is 4.03. The van der Waals surface area contributed by atoms with Crippen LogP contribution in [0, 0.1) is 11.8 Å². The molecule has 3 aromatic heterocycles. The van der Waals surface area contributed by atoms with Crippen LogP contribution in [-0.2, 0) is 6.42 Å². The number of nitrogens with zero attached hydrogens (tertiary/aromatic N) is 4. The fraction of sp³-hybridized carbons (Fsp3) is 0.450. The van der Waals surface area contributed by atoms with Crippen molar-refractivity contribution in [3.8, 4) is 5.69 Å². The average molecular weight is 367 g/mol. The molecule has 1 aliphatic rings. The summed E-state index contributed by atoms with van der Waals surface area (Å²) < 4.78 is 3.18. The minimum absolute atomic E-state index is 0.402. The summed E-state index contributed by atoms with van der Waals surface area (Å²) in [5.74, 6) is 1.36. The van der Waals surface area contributed by atoms with E-state index in [0.29, 0.717) is 17.5 Å². The van der Waals surface area contributed by atoms with Crippen LogP contribution >= 0.6 is 0 Å². The highest BCUT2D eigenvalue weighted by Crippen LogP contribution is 2.23. The summed E-state index contributed by atoms with van der Waals surface area (Å²) in [6.07, 6.45) is 7.33. The molecule has 1 unspecified atom stereocenters. The third-order valence-electron chi connectivity index (χ3n) is 5.17. The highest BCUT2D eigenvalue weighted by Gasteiger charge is 2.23. The lowest BCUT2D eigenvalue weighted by molar-refractivity contribution is 0.287. The minimum Gasteiger partial charge on any atom is -0.303 e. The highest BCUT2D eigenvalue weighted by molar-refractivity contribution is 5.64. The predicted molar refractivity (Wildman–Crippen MR) is 104 cm³/mol. The van der Waals surface area contributed by atoms with E-state index in [2.05, 4.69) is 41.0 Å². The number of aromatic amines is 1. The standard InChI is InChI=1S/C20H25N5O2/c1-14(2)12-23-6-3-16(13-23)9-15-4-8-25-17(10-15)18(11-21-25)24-7-5-19(26)22-20(24)27/h4-5,7-8,10-11,14,16H,3,6,9,12-13H2,1-2H3,(H,22,26,27). The van der Waals surface area contributed by atoms with E-state index in [1.807, 2.05) is 6.20 Å². The molecule has 27 heavy (non-hydrogen) atoms. The van der Waals surface area contributed by atoms with Crippen molar-refractivity contribution in [1.29, 1.82) is 0 Å². The second-order valence-electron chi connectivity index (χ2n) is 7.89. The van der Waals surface area contributed by atoms with E-state index < -0.39 is 11.2 Å². The van der Waals surface area contributed by atoms with E-state index in [1.54, 1.807) is 10.7 Å². The summed E-state index contributed by atoms with van der Waals surface area (Å²) in [6.45, 7) is 8.02. The Morgan fingerprint density at radius 1 is 1.26 bits per heavy atom. The Hall–Kier alpha value is -2.67. The molecule has 0 amide bonds. The zero-order valence-corrected chi connectivity index (χ0v) is 15.8. The highest BCUT2D eigenvalue weighted by atomic mass is 16.2. The maximum Gasteiger partial charge on any atom is 0.333 e. The molecule has 0 bridgehead atoms. The van der Waals surface area contributed by atoms with Crippen LogP contribution in [0.2, 0.25) is 0 Å². The summed E-state index contributed by atoms with van der Waals surface area (Å²) in [4.78, 5) is 28.3. The van der Waals surface area contributed by atoms with Crippen molar-refractivity contribution in [2.75, 3.05) is 19.6 Å². The molecule has 0 aliphatic carbocycles. The molecule has 3 aromatic rings. The van der Waals surface area contributed by atoms with Crippen LogP contribution < -0.4 is 11.2 Å². The normalized spacial score (nSPS) is 18.0. The van der Waals surface area contributed by atoms with E-state index in [-0.39, 0.29) is 0 Å². The first kappa shape index (κ1) is 17.7. The molecule has 7 nitrogen and oxygen atoms in total. The third kappa shape index (κ3) is 3.73. The van der Waals surface area contributed by atoms with Crippen LogP contribution in [0.3, 0.4) is 0 Å². The van der Waals surface area contributed by atoms with Gasteiger partial charge in [0.25, 0.3) is 5.56 Å². The van der Waals surface area contributed by atoms with E-state index in [0.717, 1.165) is 25.0 Å². The molecule has 1 saturated heterocycles. The topological polar surface area (TPSA) is 75.4 Å². The van der Waals surface area contributed by atoms with Gasteiger partial charge in [-0.05, 0) is 48.9 Å². The monoisotopic (exact) mass is 367 g/mol. The zero-order chi connectivity index (χ0) is 19.0. The number of rotatable bonds is 5. The fourth-order valence-corrected chi connectivity index (χ4v) is 4.03. The van der Waals surface area contributed by atoms with E-state index >= 15 is 0 Å². The lowest BCUT2D eigenvalue weighted by Crippen LogP contribution is -2.27. The smallest absolute Gasteiger partial charge is 0.303 e. The van der Waals surface area contributed by atoms with Crippen LogP contribution in [0.25, 0.3) is 11.2 Å². The Kier molecular flexibility index (Phi) is 4.70. The van der Waals surface area contributed by atoms with Crippen molar-refractivity contribution >= 4 is 5.52 Å². The number of pyridine rings is 1. The van der Waals surface area contributed by atoms with Gasteiger partial charge < -0.3 is 4.90 Å². The largest absolute Gasteiger partial charge is 0.333 e. The van der Waals surface area contributed by atoms with Gasteiger partial charge in [-0.15, -0.1) is 0 Å². The average Bonchev–Trinajstić information content (AvgIpc) is 3.21. The Bertz CT molecular complexity index is 1060. The molecule has 1 atom stereocenters. The third-order valence-corrected chi connectivity index (χ3v) is 5.17. The number of likely N-dealkylation sites (tertiary alicyclic amines) is 1. The van der Waals surface area contributed by atoms with Crippen molar-refractivity contribution in [1.82, 2.24) is 24.1 Å². The van der Waals surface area contributed by atoms with Gasteiger partial charge in [0.2, 0.25) is 0 Å². The van der Waals surface area contributed by atoms with Gasteiger partial charge in [-0.25, -0.2) is 9.31 Å². The second-order valence-corrected chi connectivity index (χ2v) is 7.89. The first-order valence-electron chi connectivity index (χ1n) is 9.50. The first-order valence-corrected chi connectivity index (χ1v) is 9.50. The summed E-state index contributed by atoms with van der Waals surface area (Å²) in [7, 11) is 0. The van der Waals surface area contributed by atoms with Crippen molar-refractivity contribution in [3.05, 3.63) is 63.2 Å². The predicted octanol–water partition coefficient (Wildman–Crippen LogP) is 1.69.